The first-order valence-corrected chi connectivity index (χ1v) is 8.45. The molecule has 120 valence electrons. The van der Waals surface area contributed by atoms with Crippen molar-refractivity contribution in [3.05, 3.63) is 48.6 Å². The number of allylic oxidation sites excluding steroid dienone is 7. The monoisotopic (exact) mass is 458 g/mol. The topological polar surface area (TPSA) is 0 Å². The van der Waals surface area contributed by atoms with E-state index in [2.05, 4.69) is 30.4 Å². The number of hydrogen-bond acceptors (Lipinski definition) is 0. The molecule has 0 saturated heterocycles. The van der Waals surface area contributed by atoms with Gasteiger partial charge in [0, 0.05) is 0 Å². The third-order valence-corrected chi connectivity index (χ3v) is 3.09. The summed E-state index contributed by atoms with van der Waals surface area (Å²) >= 11 is 0. The fraction of sp³-hybridized carbons (Fsp3) is 0.600. The molecule has 4 aliphatic rings. The van der Waals surface area contributed by atoms with E-state index in [0.717, 1.165) is 11.8 Å². The molecule has 2 unspecified atom stereocenters. The minimum absolute atomic E-state index is 0. The predicted octanol–water partition coefficient (Wildman–Crippen LogP) is 6.43. The number of hydrogen-bond donors (Lipinski definition) is 0. The second-order valence-electron chi connectivity index (χ2n) is 3.74. The molecule has 0 radical (unpaired) electrons. The van der Waals surface area contributed by atoms with Gasteiger partial charge in [0.15, 0.2) is 0 Å². The zero-order valence-electron chi connectivity index (χ0n) is 15.2. The summed E-state index contributed by atoms with van der Waals surface area (Å²) in [7, 11) is 0. The van der Waals surface area contributed by atoms with Gasteiger partial charge in [0.1, 0.15) is 0 Å². The zero-order valence-corrected chi connectivity index (χ0v) is 18.1. The van der Waals surface area contributed by atoms with Crippen LogP contribution >= 0.6 is 0 Å². The molecule has 0 aromatic heterocycles. The molecule has 0 nitrogen and oxygen atoms in total. The maximum atomic E-state index is 5.56. The van der Waals surface area contributed by atoms with E-state index in [1.54, 1.807) is 6.08 Å². The van der Waals surface area contributed by atoms with Crippen LogP contribution in [0.3, 0.4) is 0 Å². The van der Waals surface area contributed by atoms with Crippen LogP contribution in [0.25, 0.3) is 0 Å². The normalized spacial score (nSPS) is 27.7. The van der Waals surface area contributed by atoms with Crippen LogP contribution in [0.2, 0.25) is 0 Å². The van der Waals surface area contributed by atoms with Gasteiger partial charge in [0.2, 0.25) is 0 Å². The molecule has 4 rings (SSSR count). The molecule has 1 saturated carbocycles. The van der Waals surface area contributed by atoms with Gasteiger partial charge in [0.05, 0.1) is 0 Å². The molecular weight excluding hydrogens is 424 g/mol. The van der Waals surface area contributed by atoms with Gasteiger partial charge in [0.25, 0.3) is 0 Å². The molecule has 0 N–H and O–H groups in total. The van der Waals surface area contributed by atoms with Crippen molar-refractivity contribution in [3.63, 3.8) is 0 Å². The summed E-state index contributed by atoms with van der Waals surface area (Å²) in [6.07, 6.45) is 14.3. The Balaban J connectivity index is -0.000000318. The summed E-state index contributed by atoms with van der Waals surface area (Å²) in [5.74, 6) is 2.46. The van der Waals surface area contributed by atoms with E-state index in [-0.39, 0.29) is 21.1 Å². The second-order valence-corrected chi connectivity index (χ2v) is 3.74. The van der Waals surface area contributed by atoms with E-state index in [1.807, 2.05) is 55.4 Å². The van der Waals surface area contributed by atoms with Crippen LogP contribution in [0.4, 0.5) is 0 Å². The minimum Gasteiger partial charge on any atom is -0.394 e. The molecule has 1 heteroatoms. The molecule has 0 heterocycles. The van der Waals surface area contributed by atoms with Crippen LogP contribution in [-0.4, -0.2) is 0 Å². The standard InChI is InChI=1S/C12H10.4C2H6.W/c1-2-9-7-8-3-5-10-11(6-4-8)12(9)10;4*1-2;/h1-6,8,10-12H;4*1-2H3;/q-2;;;;;+2. The third kappa shape index (κ3) is 6.96. The van der Waals surface area contributed by atoms with Crippen molar-refractivity contribution in [2.45, 2.75) is 55.4 Å². The maximum absolute atomic E-state index is 5.56. The Bertz CT molecular complexity index is 303. The SMILES string of the molecule is CC.CC.CC.CC.[CH-]=CC1=[C-]C2C=CC3C(C=C2)C13.[W+2]. The van der Waals surface area contributed by atoms with Crippen LogP contribution in [0.15, 0.2) is 36.0 Å². The molecule has 4 bridgehead atoms. The van der Waals surface area contributed by atoms with Crippen LogP contribution in [0.1, 0.15) is 55.4 Å². The molecule has 2 atom stereocenters. The van der Waals surface area contributed by atoms with Crippen LogP contribution in [-0.2, 0) is 21.1 Å². The summed E-state index contributed by atoms with van der Waals surface area (Å²) < 4.78 is 0. The van der Waals surface area contributed by atoms with Gasteiger partial charge in [-0.15, -0.1) is 5.92 Å². The fourth-order valence-corrected chi connectivity index (χ4v) is 2.37. The quantitative estimate of drug-likeness (QED) is 0.314. The Labute approximate surface area is 148 Å². The molecule has 0 aromatic carbocycles. The zero-order chi connectivity index (χ0) is 16.1. The third-order valence-electron chi connectivity index (χ3n) is 3.09. The van der Waals surface area contributed by atoms with E-state index in [9.17, 15) is 0 Å². The van der Waals surface area contributed by atoms with Gasteiger partial charge in [-0.05, 0) is 11.8 Å². The number of rotatable bonds is 1. The molecule has 0 spiro atoms. The summed E-state index contributed by atoms with van der Waals surface area (Å²) in [5, 5.41) is 0. The summed E-state index contributed by atoms with van der Waals surface area (Å²) in [4.78, 5) is 0. The molecule has 1 fully saturated rings. The van der Waals surface area contributed by atoms with Crippen molar-refractivity contribution in [3.8, 4) is 0 Å². The van der Waals surface area contributed by atoms with Gasteiger partial charge in [-0.3, -0.25) is 0 Å². The first kappa shape index (κ1) is 25.6. The maximum Gasteiger partial charge on any atom is 2.00 e. The predicted molar refractivity (Wildman–Crippen MR) is 93.3 cm³/mol. The second kappa shape index (κ2) is 16.0. The van der Waals surface area contributed by atoms with Crippen molar-refractivity contribution >= 4 is 0 Å². The molecule has 0 aromatic rings. The van der Waals surface area contributed by atoms with Crippen molar-refractivity contribution in [1.29, 1.82) is 0 Å². The van der Waals surface area contributed by atoms with Crippen molar-refractivity contribution in [2.75, 3.05) is 0 Å². The summed E-state index contributed by atoms with van der Waals surface area (Å²) in [6, 6.07) is 0. The summed E-state index contributed by atoms with van der Waals surface area (Å²) in [6.45, 7) is 21.6. The minimum atomic E-state index is 0. The Hall–Kier alpha value is -0.352. The summed E-state index contributed by atoms with van der Waals surface area (Å²) in [5.41, 5.74) is 1.23. The average molecular weight is 458 g/mol. The largest absolute Gasteiger partial charge is 2.00 e. The molecule has 4 aliphatic carbocycles. The van der Waals surface area contributed by atoms with Crippen LogP contribution < -0.4 is 0 Å². The van der Waals surface area contributed by atoms with Crippen LogP contribution in [0.5, 0.6) is 0 Å². The molecule has 21 heavy (non-hydrogen) atoms. The molecule has 0 aliphatic heterocycles. The Morgan fingerprint density at radius 2 is 1.19 bits per heavy atom. The van der Waals surface area contributed by atoms with Crippen molar-refractivity contribution in [1.82, 2.24) is 0 Å². The van der Waals surface area contributed by atoms with Crippen molar-refractivity contribution in [2.24, 2.45) is 23.7 Å². The van der Waals surface area contributed by atoms with E-state index >= 15 is 0 Å². The Kier molecular flexibility index (Phi) is 19.5. The fourth-order valence-electron chi connectivity index (χ4n) is 2.37. The van der Waals surface area contributed by atoms with E-state index < -0.39 is 0 Å². The van der Waals surface area contributed by atoms with Crippen LogP contribution in [0, 0.1) is 36.3 Å². The van der Waals surface area contributed by atoms with Gasteiger partial charge in [-0.1, -0.05) is 85.6 Å². The smallest absolute Gasteiger partial charge is 0.394 e. The average Bonchev–Trinajstić information content (AvgIpc) is 3.33. The first-order chi connectivity index (χ1) is 9.90. The van der Waals surface area contributed by atoms with E-state index in [0.29, 0.717) is 11.8 Å². The van der Waals surface area contributed by atoms with E-state index in [4.69, 9.17) is 6.58 Å². The molecular formula is C20H34W. The molecule has 0 amide bonds. The first-order valence-electron chi connectivity index (χ1n) is 8.45. The van der Waals surface area contributed by atoms with Gasteiger partial charge < -0.3 is 24.3 Å². The Morgan fingerprint density at radius 1 is 0.810 bits per heavy atom. The van der Waals surface area contributed by atoms with Gasteiger partial charge in [-0.25, -0.2) is 0 Å². The van der Waals surface area contributed by atoms with Gasteiger partial charge >= 0.3 is 21.1 Å². The van der Waals surface area contributed by atoms with E-state index in [1.165, 1.54) is 5.57 Å². The van der Waals surface area contributed by atoms with Crippen molar-refractivity contribution < 1.29 is 21.1 Å². The van der Waals surface area contributed by atoms with Gasteiger partial charge in [-0.2, -0.15) is 0 Å². The Morgan fingerprint density at radius 3 is 1.52 bits per heavy atom.